The predicted molar refractivity (Wildman–Crippen MR) is 117 cm³/mol. The predicted octanol–water partition coefficient (Wildman–Crippen LogP) is 2.69. The maximum Gasteiger partial charge on any atom is 0.157 e. The molecule has 1 N–H and O–H groups in total. The highest BCUT2D eigenvalue weighted by atomic mass is 15.3. The SMILES string of the molecule is CN1CCC(N2CCN(c3cccc(Nc4ccnc5ccnn45)c3)CC2)CC1. The van der Waals surface area contributed by atoms with Crippen LogP contribution in [0, 0.1) is 0 Å². The molecular formula is C22H29N7. The third kappa shape index (κ3) is 3.93. The molecule has 29 heavy (non-hydrogen) atoms. The summed E-state index contributed by atoms with van der Waals surface area (Å²) in [6.45, 7) is 6.96. The number of nitrogens with zero attached hydrogens (tertiary/aromatic N) is 6. The molecule has 2 aromatic heterocycles. The third-order valence-electron chi connectivity index (χ3n) is 6.29. The van der Waals surface area contributed by atoms with Crippen LogP contribution < -0.4 is 10.2 Å². The van der Waals surface area contributed by atoms with Crippen molar-refractivity contribution in [1.29, 1.82) is 0 Å². The standard InChI is InChI=1S/C22H29N7/c1-26-11-7-19(8-12-26)27-13-15-28(16-14-27)20-4-2-3-18(17-20)25-22-5-9-23-21-6-10-24-29(21)22/h2-6,9-10,17,19,25H,7-8,11-16H2,1H3. The van der Waals surface area contributed by atoms with E-state index in [0.29, 0.717) is 0 Å². The van der Waals surface area contributed by atoms with Crippen molar-refractivity contribution in [3.8, 4) is 0 Å². The molecule has 2 aliphatic heterocycles. The Bertz CT molecular complexity index is 952. The zero-order chi connectivity index (χ0) is 19.6. The Morgan fingerprint density at radius 1 is 0.931 bits per heavy atom. The van der Waals surface area contributed by atoms with Crippen LogP contribution in [0.3, 0.4) is 0 Å². The van der Waals surface area contributed by atoms with E-state index in [0.717, 1.165) is 49.4 Å². The minimum Gasteiger partial charge on any atom is -0.369 e. The van der Waals surface area contributed by atoms with E-state index >= 15 is 0 Å². The zero-order valence-electron chi connectivity index (χ0n) is 17.0. The van der Waals surface area contributed by atoms with Gasteiger partial charge in [-0.3, -0.25) is 4.90 Å². The second-order valence-corrected chi connectivity index (χ2v) is 8.16. The van der Waals surface area contributed by atoms with Crippen molar-refractivity contribution < 1.29 is 0 Å². The summed E-state index contributed by atoms with van der Waals surface area (Å²) in [7, 11) is 2.23. The average molecular weight is 392 g/mol. The van der Waals surface area contributed by atoms with E-state index in [9.17, 15) is 0 Å². The number of hydrogen-bond acceptors (Lipinski definition) is 6. The molecule has 7 nitrogen and oxygen atoms in total. The number of piperazine rings is 1. The maximum atomic E-state index is 4.36. The summed E-state index contributed by atoms with van der Waals surface area (Å²) in [6.07, 6.45) is 6.20. The maximum absolute atomic E-state index is 4.36. The molecule has 5 rings (SSSR count). The van der Waals surface area contributed by atoms with Gasteiger partial charge >= 0.3 is 0 Å². The van der Waals surface area contributed by atoms with Gasteiger partial charge in [-0.05, 0) is 57.2 Å². The second-order valence-electron chi connectivity index (χ2n) is 8.16. The topological polar surface area (TPSA) is 51.9 Å². The molecular weight excluding hydrogens is 362 g/mol. The Morgan fingerprint density at radius 2 is 1.76 bits per heavy atom. The van der Waals surface area contributed by atoms with Crippen LogP contribution in [0.1, 0.15) is 12.8 Å². The van der Waals surface area contributed by atoms with Crippen molar-refractivity contribution in [2.75, 3.05) is 56.5 Å². The summed E-state index contributed by atoms with van der Waals surface area (Å²) < 4.78 is 1.83. The molecule has 0 radical (unpaired) electrons. The van der Waals surface area contributed by atoms with Crippen LogP contribution in [0.5, 0.6) is 0 Å². The fourth-order valence-electron chi connectivity index (χ4n) is 4.56. The number of likely N-dealkylation sites (tertiary alicyclic amines) is 1. The molecule has 152 valence electrons. The van der Waals surface area contributed by atoms with Gasteiger partial charge in [0.05, 0.1) is 6.20 Å². The van der Waals surface area contributed by atoms with Crippen molar-refractivity contribution in [3.63, 3.8) is 0 Å². The van der Waals surface area contributed by atoms with E-state index in [4.69, 9.17) is 0 Å². The second kappa shape index (κ2) is 8.00. The highest BCUT2D eigenvalue weighted by Gasteiger charge is 2.26. The van der Waals surface area contributed by atoms with Gasteiger partial charge in [0.1, 0.15) is 5.82 Å². The van der Waals surface area contributed by atoms with Crippen molar-refractivity contribution in [2.45, 2.75) is 18.9 Å². The molecule has 3 aromatic rings. The molecule has 4 heterocycles. The van der Waals surface area contributed by atoms with Gasteiger partial charge in [-0.25, -0.2) is 4.98 Å². The van der Waals surface area contributed by atoms with Crippen molar-refractivity contribution in [1.82, 2.24) is 24.4 Å². The summed E-state index contributed by atoms with van der Waals surface area (Å²) >= 11 is 0. The lowest BCUT2D eigenvalue weighted by molar-refractivity contribution is 0.115. The Kier molecular flexibility index (Phi) is 5.08. The number of hydrogen-bond donors (Lipinski definition) is 1. The Balaban J connectivity index is 1.24. The number of aromatic nitrogens is 3. The van der Waals surface area contributed by atoms with Gasteiger partial charge in [-0.1, -0.05) is 6.07 Å². The molecule has 7 heteroatoms. The lowest BCUT2D eigenvalue weighted by Crippen LogP contribution is -2.53. The van der Waals surface area contributed by atoms with Crippen molar-refractivity contribution >= 4 is 22.8 Å². The van der Waals surface area contributed by atoms with Gasteiger partial charge in [0, 0.05) is 55.9 Å². The summed E-state index contributed by atoms with van der Waals surface area (Å²) in [5.74, 6) is 0.921. The Morgan fingerprint density at radius 3 is 2.59 bits per heavy atom. The Labute approximate surface area is 171 Å². The molecule has 0 amide bonds. The van der Waals surface area contributed by atoms with Crippen LogP contribution in [-0.2, 0) is 0 Å². The van der Waals surface area contributed by atoms with E-state index in [1.807, 2.05) is 22.8 Å². The van der Waals surface area contributed by atoms with E-state index in [2.05, 4.69) is 61.4 Å². The normalized spacial score (nSPS) is 19.7. The first-order valence-corrected chi connectivity index (χ1v) is 10.6. The van der Waals surface area contributed by atoms with Crippen LogP contribution in [0.2, 0.25) is 0 Å². The molecule has 0 spiro atoms. The average Bonchev–Trinajstić information content (AvgIpc) is 3.25. The number of anilines is 3. The number of nitrogens with one attached hydrogen (secondary N) is 1. The van der Waals surface area contributed by atoms with Crippen LogP contribution in [0.4, 0.5) is 17.2 Å². The smallest absolute Gasteiger partial charge is 0.157 e. The highest BCUT2D eigenvalue weighted by molar-refractivity contribution is 5.64. The van der Waals surface area contributed by atoms with Gasteiger partial charge in [0.15, 0.2) is 5.65 Å². The molecule has 0 atom stereocenters. The summed E-state index contributed by atoms with van der Waals surface area (Å²) in [6, 6.07) is 13.3. The van der Waals surface area contributed by atoms with Crippen LogP contribution >= 0.6 is 0 Å². The number of benzene rings is 1. The summed E-state index contributed by atoms with van der Waals surface area (Å²) in [4.78, 5) is 12.0. The number of piperidine rings is 1. The first-order chi connectivity index (χ1) is 14.3. The van der Waals surface area contributed by atoms with Gasteiger partial charge in [0.2, 0.25) is 0 Å². The van der Waals surface area contributed by atoms with Crippen LogP contribution in [0.25, 0.3) is 5.65 Å². The van der Waals surface area contributed by atoms with Gasteiger partial charge in [0.25, 0.3) is 0 Å². The minimum absolute atomic E-state index is 0.768. The molecule has 2 fully saturated rings. The molecule has 1 aromatic carbocycles. The fraction of sp³-hybridized carbons (Fsp3) is 0.455. The third-order valence-corrected chi connectivity index (χ3v) is 6.29. The van der Waals surface area contributed by atoms with Gasteiger partial charge < -0.3 is 15.1 Å². The van der Waals surface area contributed by atoms with E-state index in [1.165, 1.54) is 31.6 Å². The number of fused-ring (bicyclic) bond motifs is 1. The largest absolute Gasteiger partial charge is 0.369 e. The zero-order valence-corrected chi connectivity index (χ0v) is 17.0. The van der Waals surface area contributed by atoms with Crippen LogP contribution in [0.15, 0.2) is 48.8 Å². The van der Waals surface area contributed by atoms with E-state index < -0.39 is 0 Å². The quantitative estimate of drug-likeness (QED) is 0.738. The summed E-state index contributed by atoms with van der Waals surface area (Å²) in [5, 5.41) is 7.85. The lowest BCUT2D eigenvalue weighted by Gasteiger charge is -2.43. The molecule has 0 bridgehead atoms. The molecule has 0 aliphatic carbocycles. The van der Waals surface area contributed by atoms with E-state index in [-0.39, 0.29) is 0 Å². The first-order valence-electron chi connectivity index (χ1n) is 10.6. The lowest BCUT2D eigenvalue weighted by atomic mass is 10.0. The van der Waals surface area contributed by atoms with Crippen LogP contribution in [-0.4, -0.2) is 76.8 Å². The fourth-order valence-corrected chi connectivity index (χ4v) is 4.56. The summed E-state index contributed by atoms with van der Waals surface area (Å²) in [5.41, 5.74) is 3.20. The highest BCUT2D eigenvalue weighted by Crippen LogP contribution is 2.25. The van der Waals surface area contributed by atoms with Crippen molar-refractivity contribution in [3.05, 3.63) is 48.8 Å². The monoisotopic (exact) mass is 391 g/mol. The number of rotatable bonds is 4. The first kappa shape index (κ1) is 18.4. The minimum atomic E-state index is 0.768. The Hall–Kier alpha value is -2.64. The van der Waals surface area contributed by atoms with Gasteiger partial charge in [-0.15, -0.1) is 0 Å². The van der Waals surface area contributed by atoms with E-state index in [1.54, 1.807) is 6.20 Å². The molecule has 0 unspecified atom stereocenters. The molecule has 0 saturated carbocycles. The van der Waals surface area contributed by atoms with Crippen molar-refractivity contribution in [2.24, 2.45) is 0 Å². The van der Waals surface area contributed by atoms with Gasteiger partial charge in [-0.2, -0.15) is 9.61 Å². The molecule has 2 saturated heterocycles. The molecule has 2 aliphatic rings.